The van der Waals surface area contributed by atoms with Gasteiger partial charge in [-0.3, -0.25) is 9.36 Å². The Morgan fingerprint density at radius 1 is 1.00 bits per heavy atom. The van der Waals surface area contributed by atoms with Crippen molar-refractivity contribution in [2.75, 3.05) is 45.9 Å². The molecule has 1 aromatic heterocycles. The zero-order chi connectivity index (χ0) is 30.4. The summed E-state index contributed by atoms with van der Waals surface area (Å²) in [5.41, 5.74) is 3.07. The van der Waals surface area contributed by atoms with E-state index in [1.165, 1.54) is 11.3 Å². The quantitative estimate of drug-likeness (QED) is 0.287. The average molecular weight is 594 g/mol. The Balaban J connectivity index is 2.01. The summed E-state index contributed by atoms with van der Waals surface area (Å²) in [5.74, 6) is 1.24. The lowest BCUT2D eigenvalue weighted by molar-refractivity contribution is -0.139. The summed E-state index contributed by atoms with van der Waals surface area (Å²) >= 11 is 1.28. The smallest absolute Gasteiger partial charge is 0.338 e. The molecule has 2 heterocycles. The number of carbonyl (C=O) groups excluding carboxylic acids is 1. The van der Waals surface area contributed by atoms with Crippen molar-refractivity contribution < 1.29 is 23.7 Å². The number of thiazole rings is 1. The van der Waals surface area contributed by atoms with Gasteiger partial charge in [0.25, 0.3) is 5.56 Å². The second kappa shape index (κ2) is 13.7. The van der Waals surface area contributed by atoms with Crippen molar-refractivity contribution in [2.45, 2.75) is 46.6 Å². The number of carbonyl (C=O) groups is 1. The number of allylic oxidation sites excluding steroid dienone is 1. The van der Waals surface area contributed by atoms with Crippen LogP contribution in [0.2, 0.25) is 0 Å². The molecule has 10 heteroatoms. The van der Waals surface area contributed by atoms with E-state index in [0.29, 0.717) is 49.8 Å². The average Bonchev–Trinajstić information content (AvgIpc) is 3.31. The Labute approximate surface area is 250 Å². The number of hydrogen-bond donors (Lipinski definition) is 0. The third-order valence-electron chi connectivity index (χ3n) is 7.26. The van der Waals surface area contributed by atoms with Gasteiger partial charge in [0.2, 0.25) is 0 Å². The van der Waals surface area contributed by atoms with Crippen LogP contribution in [-0.4, -0.2) is 51.6 Å². The summed E-state index contributed by atoms with van der Waals surface area (Å²) in [6, 6.07) is 10.5. The maximum atomic E-state index is 14.2. The number of rotatable bonds is 12. The van der Waals surface area contributed by atoms with E-state index in [1.54, 1.807) is 51.0 Å². The van der Waals surface area contributed by atoms with Crippen LogP contribution in [-0.2, 0) is 9.53 Å². The van der Waals surface area contributed by atoms with Gasteiger partial charge in [-0.05, 0) is 63.6 Å². The summed E-state index contributed by atoms with van der Waals surface area (Å²) in [7, 11) is 4.75. The molecule has 224 valence electrons. The van der Waals surface area contributed by atoms with Crippen LogP contribution in [0, 0.1) is 0 Å². The fraction of sp³-hybridized carbons (Fsp3) is 0.406. The molecule has 0 radical (unpaired) electrons. The molecule has 1 atom stereocenters. The molecule has 0 unspecified atom stereocenters. The van der Waals surface area contributed by atoms with Crippen LogP contribution in [0.15, 0.2) is 57.5 Å². The van der Waals surface area contributed by atoms with Gasteiger partial charge in [-0.15, -0.1) is 0 Å². The Bertz CT molecular complexity index is 1650. The number of nitrogens with zero attached hydrogens (tertiary/aromatic N) is 3. The zero-order valence-electron chi connectivity index (χ0n) is 25.4. The normalized spacial score (nSPS) is 14.7. The Kier molecular flexibility index (Phi) is 10.1. The largest absolute Gasteiger partial charge is 0.497 e. The minimum atomic E-state index is -0.819. The van der Waals surface area contributed by atoms with Gasteiger partial charge in [0.05, 0.1) is 43.7 Å². The van der Waals surface area contributed by atoms with E-state index in [4.69, 9.17) is 23.9 Å². The second-order valence-electron chi connectivity index (χ2n) is 9.62. The predicted molar refractivity (Wildman–Crippen MR) is 166 cm³/mol. The molecule has 0 bridgehead atoms. The lowest BCUT2D eigenvalue weighted by Gasteiger charge is -2.27. The monoisotopic (exact) mass is 593 g/mol. The molecule has 1 aliphatic heterocycles. The van der Waals surface area contributed by atoms with Crippen LogP contribution in [0.1, 0.15) is 57.7 Å². The molecule has 0 spiro atoms. The highest BCUT2D eigenvalue weighted by molar-refractivity contribution is 7.07. The molecule has 0 N–H and O–H groups in total. The number of hydrogen-bond acceptors (Lipinski definition) is 9. The van der Waals surface area contributed by atoms with Gasteiger partial charge in [0, 0.05) is 36.0 Å². The lowest BCUT2D eigenvalue weighted by Crippen LogP contribution is -2.40. The number of fused-ring (bicyclic) bond motifs is 1. The molecule has 4 rings (SSSR count). The lowest BCUT2D eigenvalue weighted by atomic mass is 9.93. The number of aromatic nitrogens is 1. The van der Waals surface area contributed by atoms with Gasteiger partial charge in [0.15, 0.2) is 4.80 Å². The summed E-state index contributed by atoms with van der Waals surface area (Å²) in [4.78, 5) is 35.3. The molecule has 0 saturated heterocycles. The first-order valence-corrected chi connectivity index (χ1v) is 15.0. The maximum absolute atomic E-state index is 14.2. The van der Waals surface area contributed by atoms with Crippen molar-refractivity contribution in [2.24, 2.45) is 4.99 Å². The SMILES string of the molecule is CCCC1=C(C(=O)OCC)[C@@H](c2cc(OC)ccc2OC)n2c(s/c(=C\c3ccc(N(CC)CC)cc3OC)c2=O)=N1. The van der Waals surface area contributed by atoms with E-state index in [2.05, 4.69) is 18.7 Å². The summed E-state index contributed by atoms with van der Waals surface area (Å²) in [5, 5.41) is 0. The van der Waals surface area contributed by atoms with Crippen molar-refractivity contribution >= 4 is 29.1 Å². The van der Waals surface area contributed by atoms with Crippen LogP contribution in [0.25, 0.3) is 6.08 Å². The fourth-order valence-corrected chi connectivity index (χ4v) is 6.22. The van der Waals surface area contributed by atoms with Crippen LogP contribution in [0.5, 0.6) is 17.2 Å². The zero-order valence-corrected chi connectivity index (χ0v) is 26.2. The van der Waals surface area contributed by atoms with Crippen LogP contribution < -0.4 is 34.0 Å². The van der Waals surface area contributed by atoms with E-state index in [9.17, 15) is 9.59 Å². The van der Waals surface area contributed by atoms with Gasteiger partial charge >= 0.3 is 5.97 Å². The highest BCUT2D eigenvalue weighted by atomic mass is 32.1. The highest BCUT2D eigenvalue weighted by Crippen LogP contribution is 2.38. The Morgan fingerprint density at radius 3 is 2.36 bits per heavy atom. The summed E-state index contributed by atoms with van der Waals surface area (Å²) in [6.07, 6.45) is 3.12. The maximum Gasteiger partial charge on any atom is 0.338 e. The molecular formula is C32H39N3O6S. The molecule has 0 amide bonds. The predicted octanol–water partition coefficient (Wildman–Crippen LogP) is 4.45. The first-order chi connectivity index (χ1) is 20.3. The fourth-order valence-electron chi connectivity index (χ4n) is 5.21. The number of benzene rings is 2. The highest BCUT2D eigenvalue weighted by Gasteiger charge is 2.36. The molecule has 42 heavy (non-hydrogen) atoms. The van der Waals surface area contributed by atoms with Gasteiger partial charge in [-0.2, -0.15) is 0 Å². The van der Waals surface area contributed by atoms with E-state index in [-0.39, 0.29) is 12.2 Å². The number of methoxy groups -OCH3 is 3. The molecule has 0 aliphatic carbocycles. The second-order valence-corrected chi connectivity index (χ2v) is 10.6. The first-order valence-electron chi connectivity index (χ1n) is 14.2. The Morgan fingerprint density at radius 2 is 1.74 bits per heavy atom. The molecule has 1 aliphatic rings. The van der Waals surface area contributed by atoms with E-state index in [1.807, 2.05) is 31.2 Å². The van der Waals surface area contributed by atoms with Crippen molar-refractivity contribution in [1.29, 1.82) is 0 Å². The van der Waals surface area contributed by atoms with Crippen LogP contribution in [0.4, 0.5) is 5.69 Å². The minimum Gasteiger partial charge on any atom is -0.497 e. The molecule has 9 nitrogen and oxygen atoms in total. The van der Waals surface area contributed by atoms with E-state index < -0.39 is 12.0 Å². The molecule has 3 aromatic rings. The van der Waals surface area contributed by atoms with Gasteiger partial charge in [-0.1, -0.05) is 24.7 Å². The van der Waals surface area contributed by atoms with Gasteiger partial charge in [-0.25, -0.2) is 9.79 Å². The van der Waals surface area contributed by atoms with Crippen LogP contribution in [0.3, 0.4) is 0 Å². The topological polar surface area (TPSA) is 91.6 Å². The number of anilines is 1. The third-order valence-corrected chi connectivity index (χ3v) is 8.24. The van der Waals surface area contributed by atoms with Crippen LogP contribution >= 0.6 is 11.3 Å². The van der Waals surface area contributed by atoms with E-state index >= 15 is 0 Å². The van der Waals surface area contributed by atoms with Gasteiger partial charge in [0.1, 0.15) is 23.3 Å². The number of esters is 1. The minimum absolute atomic E-state index is 0.192. The molecule has 0 fully saturated rings. The van der Waals surface area contributed by atoms with Crippen molar-refractivity contribution in [1.82, 2.24) is 4.57 Å². The summed E-state index contributed by atoms with van der Waals surface area (Å²) < 4.78 is 24.5. The molecular weight excluding hydrogens is 554 g/mol. The van der Waals surface area contributed by atoms with E-state index in [0.717, 1.165) is 30.8 Å². The first kappa shape index (κ1) is 30.9. The van der Waals surface area contributed by atoms with Crippen molar-refractivity contribution in [3.63, 3.8) is 0 Å². The third kappa shape index (κ3) is 5.94. The number of ether oxygens (including phenoxy) is 4. The molecule has 2 aromatic carbocycles. The van der Waals surface area contributed by atoms with Crippen molar-refractivity contribution in [3.05, 3.63) is 78.5 Å². The van der Waals surface area contributed by atoms with Gasteiger partial charge < -0.3 is 23.8 Å². The Hall–Kier alpha value is -4.05. The summed E-state index contributed by atoms with van der Waals surface area (Å²) in [6.45, 7) is 9.93. The molecule has 0 saturated carbocycles. The van der Waals surface area contributed by atoms with Crippen molar-refractivity contribution in [3.8, 4) is 17.2 Å². The standard InChI is InChI=1S/C32H39N3O6S/c1-8-12-24-28(31(37)41-11-4)29(23-19-22(38-5)15-16-25(23)39-6)35-30(36)27(42-32(35)33-24)17-20-13-14-21(18-26(20)40-7)34(9-2)10-3/h13-19,29H,8-12H2,1-7H3/b27-17-/t29-/m1/s1.